The Morgan fingerprint density at radius 1 is 0.976 bits per heavy atom. The van der Waals surface area contributed by atoms with Gasteiger partial charge in [0.2, 0.25) is 0 Å². The van der Waals surface area contributed by atoms with Crippen molar-refractivity contribution >= 4 is 17.9 Å². The quantitative estimate of drug-likeness (QED) is 0.324. The van der Waals surface area contributed by atoms with Gasteiger partial charge in [0.05, 0.1) is 50.3 Å². The Hall–Kier alpha value is -3.68. The molecule has 14 heteroatoms. The second kappa shape index (κ2) is 12.5. The number of amides is 2. The molecule has 3 rings (SSSR count). The molecule has 1 aliphatic heterocycles. The maximum absolute atomic E-state index is 13.5. The molecule has 0 fully saturated rings. The molecule has 2 atom stereocenters. The summed E-state index contributed by atoms with van der Waals surface area (Å²) in [5.74, 6) is 0.352. The third kappa shape index (κ3) is 6.97. The van der Waals surface area contributed by atoms with E-state index in [1.165, 1.54) is 19.1 Å². The van der Waals surface area contributed by atoms with Crippen LogP contribution in [0.25, 0.3) is 0 Å². The Morgan fingerprint density at radius 3 is 2.07 bits per heavy atom. The van der Waals surface area contributed by atoms with E-state index in [-0.39, 0.29) is 31.4 Å². The lowest BCUT2D eigenvalue weighted by Crippen LogP contribution is -2.47. The lowest BCUT2D eigenvalue weighted by atomic mass is 9.89. The number of hydrogen-bond acceptors (Lipinski definition) is 6. The van der Waals surface area contributed by atoms with Crippen molar-refractivity contribution in [3.8, 4) is 5.75 Å². The number of fused-ring (bicyclic) bond motifs is 1. The van der Waals surface area contributed by atoms with Crippen LogP contribution in [0.2, 0.25) is 0 Å². The number of halogens is 6. The van der Waals surface area contributed by atoms with E-state index < -0.39 is 59.9 Å². The fourth-order valence-corrected chi connectivity index (χ4v) is 4.85. The van der Waals surface area contributed by atoms with Gasteiger partial charge in [0, 0.05) is 31.3 Å². The van der Waals surface area contributed by atoms with Crippen molar-refractivity contribution in [2.75, 3.05) is 32.8 Å². The number of anilines is 1. The maximum Gasteiger partial charge on any atom is 0.416 e. The number of alkyl halides is 6. The van der Waals surface area contributed by atoms with Gasteiger partial charge >= 0.3 is 24.5 Å². The largest absolute Gasteiger partial charge is 0.496 e. The third-order valence-corrected chi connectivity index (χ3v) is 6.60. The van der Waals surface area contributed by atoms with Crippen molar-refractivity contribution < 1.29 is 54.9 Å². The predicted molar refractivity (Wildman–Crippen MR) is 134 cm³/mol. The summed E-state index contributed by atoms with van der Waals surface area (Å²) in [4.78, 5) is 28.4. The van der Waals surface area contributed by atoms with E-state index in [1.54, 1.807) is 26.0 Å². The summed E-state index contributed by atoms with van der Waals surface area (Å²) in [6, 6.07) is 2.77. The summed E-state index contributed by atoms with van der Waals surface area (Å²) in [7, 11) is 3.90. The highest BCUT2D eigenvalue weighted by Gasteiger charge is 2.41. The first kappa shape index (κ1) is 31.8. The molecule has 41 heavy (non-hydrogen) atoms. The molecule has 0 saturated heterocycles. The van der Waals surface area contributed by atoms with Crippen LogP contribution in [0.3, 0.4) is 0 Å². The van der Waals surface area contributed by atoms with E-state index in [4.69, 9.17) is 18.9 Å². The van der Waals surface area contributed by atoms with Gasteiger partial charge in [-0.05, 0) is 55.7 Å². The lowest BCUT2D eigenvalue weighted by Gasteiger charge is -2.43. The molecule has 0 N–H and O–H groups in total. The fraction of sp³-hybridized carbons (Fsp3) is 0.481. The molecule has 2 aromatic carbocycles. The van der Waals surface area contributed by atoms with Gasteiger partial charge in [-0.3, -0.25) is 9.80 Å². The summed E-state index contributed by atoms with van der Waals surface area (Å²) in [6.07, 6.45) is -11.7. The molecule has 226 valence electrons. The van der Waals surface area contributed by atoms with Crippen molar-refractivity contribution in [3.63, 3.8) is 0 Å². The lowest BCUT2D eigenvalue weighted by molar-refractivity contribution is -0.143. The summed E-state index contributed by atoms with van der Waals surface area (Å²) < 4.78 is 102. The van der Waals surface area contributed by atoms with Gasteiger partial charge in [-0.25, -0.2) is 9.59 Å². The average Bonchev–Trinajstić information content (AvgIpc) is 2.89. The summed E-state index contributed by atoms with van der Waals surface area (Å²) >= 11 is 0. The molecule has 2 unspecified atom stereocenters. The topological polar surface area (TPSA) is 77.5 Å². The number of ether oxygens (including phenoxy) is 4. The molecule has 0 bridgehead atoms. The van der Waals surface area contributed by atoms with Crippen LogP contribution in [-0.4, -0.2) is 51.1 Å². The zero-order chi connectivity index (χ0) is 30.7. The van der Waals surface area contributed by atoms with E-state index in [1.807, 2.05) is 0 Å². The molecular formula is C27H30F6N2O6. The van der Waals surface area contributed by atoms with Gasteiger partial charge in [-0.1, -0.05) is 0 Å². The molecule has 8 nitrogen and oxygen atoms in total. The number of rotatable bonds is 7. The number of benzene rings is 2. The SMILES string of the molecule is CCOC(=O)N1c2cc(OC)c(COC)cc2C(N(Cc2cc(C(F)(F)F)cc(C(F)(F)F)c2)C(=O)OC)CC1C. The first-order valence-electron chi connectivity index (χ1n) is 12.4. The number of carbonyl (C=O) groups excluding carboxylic acids is 2. The van der Waals surface area contributed by atoms with Crippen LogP contribution >= 0.6 is 0 Å². The second-order valence-corrected chi connectivity index (χ2v) is 9.34. The van der Waals surface area contributed by atoms with Gasteiger partial charge in [0.25, 0.3) is 0 Å². The minimum absolute atomic E-state index is 0.0183. The molecular weight excluding hydrogens is 562 g/mol. The molecule has 1 heterocycles. The van der Waals surface area contributed by atoms with Crippen LogP contribution in [0.15, 0.2) is 30.3 Å². The highest BCUT2D eigenvalue weighted by Crippen LogP contribution is 2.45. The van der Waals surface area contributed by atoms with Crippen LogP contribution < -0.4 is 9.64 Å². The van der Waals surface area contributed by atoms with Gasteiger partial charge in [-0.2, -0.15) is 26.3 Å². The minimum Gasteiger partial charge on any atom is -0.496 e. The van der Waals surface area contributed by atoms with Crippen molar-refractivity contribution in [1.29, 1.82) is 0 Å². The zero-order valence-corrected chi connectivity index (χ0v) is 23.0. The first-order chi connectivity index (χ1) is 19.2. The van der Waals surface area contributed by atoms with Gasteiger partial charge in [0.15, 0.2) is 0 Å². The highest BCUT2D eigenvalue weighted by molar-refractivity contribution is 5.91. The van der Waals surface area contributed by atoms with Crippen molar-refractivity contribution in [1.82, 2.24) is 4.90 Å². The Morgan fingerprint density at radius 2 is 1.59 bits per heavy atom. The van der Waals surface area contributed by atoms with E-state index in [0.717, 1.165) is 12.0 Å². The van der Waals surface area contributed by atoms with Gasteiger partial charge in [-0.15, -0.1) is 0 Å². The molecule has 1 aliphatic rings. The smallest absolute Gasteiger partial charge is 0.416 e. The van der Waals surface area contributed by atoms with Crippen LogP contribution in [0.4, 0.5) is 41.6 Å². The van der Waals surface area contributed by atoms with Gasteiger partial charge < -0.3 is 18.9 Å². The molecule has 0 spiro atoms. The standard InChI is InChI=1S/C27H30F6N2O6/c1-6-41-25(37)35-15(2)7-21(20-10-17(14-38-3)23(39-4)12-22(20)35)34(24(36)40-5)13-16-8-18(26(28,29)30)11-19(9-16)27(31,32)33/h8-12,15,21H,6-7,13-14H2,1-5H3. The second-order valence-electron chi connectivity index (χ2n) is 9.34. The Labute approximate surface area is 232 Å². The predicted octanol–water partition coefficient (Wildman–Crippen LogP) is 6.94. The monoisotopic (exact) mass is 592 g/mol. The average molecular weight is 593 g/mol. The molecule has 0 radical (unpaired) electrons. The van der Waals surface area contributed by atoms with E-state index >= 15 is 0 Å². The maximum atomic E-state index is 13.5. The van der Waals surface area contributed by atoms with E-state index in [2.05, 4.69) is 0 Å². The molecule has 0 aliphatic carbocycles. The number of nitrogens with zero attached hydrogens (tertiary/aromatic N) is 2. The normalized spacial score (nSPS) is 17.1. The van der Waals surface area contributed by atoms with Gasteiger partial charge in [0.1, 0.15) is 5.75 Å². The summed E-state index contributed by atoms with van der Waals surface area (Å²) in [5, 5.41) is 0. The van der Waals surface area contributed by atoms with Crippen LogP contribution in [0.5, 0.6) is 5.75 Å². The Bertz CT molecular complexity index is 1230. The number of carbonyl (C=O) groups is 2. The summed E-state index contributed by atoms with van der Waals surface area (Å²) in [5.41, 5.74) is -2.24. The molecule has 0 aromatic heterocycles. The Kier molecular flexibility index (Phi) is 9.67. The van der Waals surface area contributed by atoms with Crippen molar-refractivity contribution in [2.24, 2.45) is 0 Å². The minimum atomic E-state index is -5.07. The van der Waals surface area contributed by atoms with Crippen molar-refractivity contribution in [3.05, 3.63) is 58.1 Å². The first-order valence-corrected chi connectivity index (χ1v) is 12.4. The van der Waals surface area contributed by atoms with E-state index in [9.17, 15) is 35.9 Å². The third-order valence-electron chi connectivity index (χ3n) is 6.60. The number of methoxy groups -OCH3 is 3. The molecule has 2 amide bonds. The molecule has 2 aromatic rings. The van der Waals surface area contributed by atoms with Crippen LogP contribution in [-0.2, 0) is 39.7 Å². The molecule has 0 saturated carbocycles. The van der Waals surface area contributed by atoms with Crippen LogP contribution in [0.1, 0.15) is 54.1 Å². The highest BCUT2D eigenvalue weighted by atomic mass is 19.4. The number of hydrogen-bond donors (Lipinski definition) is 0. The fourth-order valence-electron chi connectivity index (χ4n) is 4.85. The van der Waals surface area contributed by atoms with E-state index in [0.29, 0.717) is 29.0 Å². The summed E-state index contributed by atoms with van der Waals surface area (Å²) in [6.45, 7) is 2.79. The van der Waals surface area contributed by atoms with Crippen molar-refractivity contribution in [2.45, 2.75) is 57.9 Å². The zero-order valence-electron chi connectivity index (χ0n) is 23.0. The Balaban J connectivity index is 2.22. The van der Waals surface area contributed by atoms with Crippen LogP contribution in [0, 0.1) is 0 Å².